The van der Waals surface area contributed by atoms with Gasteiger partial charge >= 0.3 is 5.69 Å². The Morgan fingerprint density at radius 2 is 1.94 bits per heavy atom. The van der Waals surface area contributed by atoms with E-state index in [2.05, 4.69) is 5.92 Å². The predicted octanol–water partition coefficient (Wildman–Crippen LogP) is 0.0618. The highest BCUT2D eigenvalue weighted by atomic mass is 16.5. The first kappa shape index (κ1) is 12.1. The first-order chi connectivity index (χ1) is 7.65. The van der Waals surface area contributed by atoms with E-state index in [9.17, 15) is 9.59 Å². The Morgan fingerprint density at radius 3 is 2.44 bits per heavy atom. The van der Waals surface area contributed by atoms with Crippen molar-refractivity contribution in [3.8, 4) is 18.2 Å². The smallest absolute Gasteiger partial charge is 0.333 e. The molecule has 1 aromatic heterocycles. The zero-order chi connectivity index (χ0) is 12.1. The van der Waals surface area contributed by atoms with Crippen LogP contribution in [0.3, 0.4) is 0 Å². The highest BCUT2D eigenvalue weighted by Gasteiger charge is 2.09. The van der Waals surface area contributed by atoms with Gasteiger partial charge in [-0.2, -0.15) is 0 Å². The largest absolute Gasteiger partial charge is 0.465 e. The van der Waals surface area contributed by atoms with Gasteiger partial charge in [0.25, 0.3) is 5.56 Å². The van der Waals surface area contributed by atoms with Crippen LogP contribution in [0.15, 0.2) is 15.7 Å². The summed E-state index contributed by atoms with van der Waals surface area (Å²) in [5.74, 6) is 2.51. The lowest BCUT2D eigenvalue weighted by molar-refractivity contribution is 0.323. The topological polar surface area (TPSA) is 53.2 Å². The summed E-state index contributed by atoms with van der Waals surface area (Å²) in [5.41, 5.74) is -0.742. The molecule has 0 aromatic carbocycles. The highest BCUT2D eigenvalue weighted by Crippen LogP contribution is 2.03. The van der Waals surface area contributed by atoms with Crippen LogP contribution in [0.25, 0.3) is 0 Å². The first-order valence-corrected chi connectivity index (χ1v) is 5.06. The summed E-state index contributed by atoms with van der Waals surface area (Å²) in [6.45, 7) is 4.35. The summed E-state index contributed by atoms with van der Waals surface area (Å²) in [5, 5.41) is 0. The maximum Gasteiger partial charge on any atom is 0.333 e. The molecule has 16 heavy (non-hydrogen) atoms. The van der Waals surface area contributed by atoms with E-state index in [1.807, 2.05) is 0 Å². The molecule has 0 saturated carbocycles. The van der Waals surface area contributed by atoms with E-state index in [4.69, 9.17) is 11.2 Å². The molecule has 0 saturated heterocycles. The number of terminal acetylenes is 1. The van der Waals surface area contributed by atoms with Crippen LogP contribution in [0.1, 0.15) is 13.8 Å². The van der Waals surface area contributed by atoms with Crippen molar-refractivity contribution in [2.24, 2.45) is 0 Å². The van der Waals surface area contributed by atoms with Crippen molar-refractivity contribution in [3.05, 3.63) is 26.9 Å². The van der Waals surface area contributed by atoms with Crippen molar-refractivity contribution in [2.75, 3.05) is 6.61 Å². The molecule has 0 spiro atoms. The monoisotopic (exact) mass is 222 g/mol. The van der Waals surface area contributed by atoms with E-state index in [1.165, 1.54) is 10.6 Å². The van der Waals surface area contributed by atoms with Crippen molar-refractivity contribution in [3.63, 3.8) is 0 Å². The van der Waals surface area contributed by atoms with Crippen LogP contribution in [0.5, 0.6) is 5.88 Å². The number of nitrogens with zero attached hydrogens (tertiary/aromatic N) is 2. The third-order valence-electron chi connectivity index (χ3n) is 2.18. The van der Waals surface area contributed by atoms with Crippen LogP contribution in [0.4, 0.5) is 0 Å². The number of aromatic nitrogens is 2. The molecule has 1 heterocycles. The minimum atomic E-state index is -0.371. The third kappa shape index (κ3) is 2.16. The average molecular weight is 222 g/mol. The van der Waals surface area contributed by atoms with Gasteiger partial charge in [-0.25, -0.2) is 4.79 Å². The van der Waals surface area contributed by atoms with E-state index >= 15 is 0 Å². The second kappa shape index (κ2) is 5.21. The van der Waals surface area contributed by atoms with Crippen LogP contribution in [-0.4, -0.2) is 15.7 Å². The van der Waals surface area contributed by atoms with Crippen molar-refractivity contribution in [1.82, 2.24) is 9.13 Å². The number of rotatable bonds is 4. The molecule has 0 fully saturated rings. The molecule has 0 aliphatic rings. The summed E-state index contributed by atoms with van der Waals surface area (Å²) >= 11 is 0. The van der Waals surface area contributed by atoms with Gasteiger partial charge in [0.2, 0.25) is 5.88 Å². The Balaban J connectivity index is 3.36. The summed E-state index contributed by atoms with van der Waals surface area (Å²) in [6, 6.07) is 1.28. The van der Waals surface area contributed by atoms with Gasteiger partial charge < -0.3 is 4.74 Å². The molecule has 0 aliphatic heterocycles. The molecule has 0 aliphatic carbocycles. The van der Waals surface area contributed by atoms with Gasteiger partial charge in [0, 0.05) is 13.1 Å². The van der Waals surface area contributed by atoms with Gasteiger partial charge in [0.15, 0.2) is 0 Å². The lowest BCUT2D eigenvalue weighted by Crippen LogP contribution is -2.39. The van der Waals surface area contributed by atoms with E-state index in [0.717, 1.165) is 4.57 Å². The lowest BCUT2D eigenvalue weighted by atomic mass is 10.5. The molecule has 0 bridgehead atoms. The molecule has 1 rings (SSSR count). The molecule has 0 radical (unpaired) electrons. The predicted molar refractivity (Wildman–Crippen MR) is 60.6 cm³/mol. The first-order valence-electron chi connectivity index (χ1n) is 5.06. The van der Waals surface area contributed by atoms with E-state index in [-0.39, 0.29) is 23.7 Å². The molecule has 86 valence electrons. The SMILES string of the molecule is C#CCOc1cc(=O)n(CC)c(=O)n1CC. The molecule has 0 unspecified atom stereocenters. The number of hydrogen-bond acceptors (Lipinski definition) is 3. The van der Waals surface area contributed by atoms with Crippen LogP contribution in [0.2, 0.25) is 0 Å². The summed E-state index contributed by atoms with van der Waals surface area (Å²) < 4.78 is 7.67. The van der Waals surface area contributed by atoms with Gasteiger partial charge in [0.05, 0.1) is 6.07 Å². The minimum Gasteiger partial charge on any atom is -0.465 e. The molecular weight excluding hydrogens is 208 g/mol. The van der Waals surface area contributed by atoms with E-state index < -0.39 is 0 Å². The van der Waals surface area contributed by atoms with Gasteiger partial charge in [-0.15, -0.1) is 6.42 Å². The van der Waals surface area contributed by atoms with E-state index in [0.29, 0.717) is 13.1 Å². The summed E-state index contributed by atoms with van der Waals surface area (Å²) in [7, 11) is 0. The molecule has 5 heteroatoms. The number of ether oxygens (including phenoxy) is 1. The van der Waals surface area contributed by atoms with Crippen molar-refractivity contribution in [2.45, 2.75) is 26.9 Å². The Morgan fingerprint density at radius 1 is 1.31 bits per heavy atom. The molecule has 0 N–H and O–H groups in total. The normalized spacial score (nSPS) is 9.81. The Hall–Kier alpha value is -1.96. The maximum absolute atomic E-state index is 11.8. The van der Waals surface area contributed by atoms with Crippen LogP contribution in [0, 0.1) is 12.3 Å². The standard InChI is InChI=1S/C11H14N2O3/c1-4-7-16-10-8-9(14)12(5-2)11(15)13(10)6-3/h1,8H,5-7H2,2-3H3. The third-order valence-corrected chi connectivity index (χ3v) is 2.18. The lowest BCUT2D eigenvalue weighted by Gasteiger charge is -2.12. The van der Waals surface area contributed by atoms with Crippen molar-refractivity contribution in [1.29, 1.82) is 0 Å². The zero-order valence-corrected chi connectivity index (χ0v) is 9.40. The van der Waals surface area contributed by atoms with E-state index in [1.54, 1.807) is 13.8 Å². The van der Waals surface area contributed by atoms with Crippen LogP contribution in [-0.2, 0) is 13.1 Å². The molecule has 0 amide bonds. The fourth-order valence-corrected chi connectivity index (χ4v) is 1.41. The summed E-state index contributed by atoms with van der Waals surface area (Å²) in [4.78, 5) is 23.4. The summed E-state index contributed by atoms with van der Waals surface area (Å²) in [6.07, 6.45) is 5.05. The van der Waals surface area contributed by atoms with Gasteiger partial charge in [-0.1, -0.05) is 5.92 Å². The average Bonchev–Trinajstić information content (AvgIpc) is 2.26. The Kier molecular flexibility index (Phi) is 3.95. The zero-order valence-electron chi connectivity index (χ0n) is 9.40. The molecule has 5 nitrogen and oxygen atoms in total. The van der Waals surface area contributed by atoms with Crippen LogP contribution < -0.4 is 16.0 Å². The second-order valence-electron chi connectivity index (χ2n) is 3.08. The maximum atomic E-state index is 11.8. The van der Waals surface area contributed by atoms with Gasteiger partial charge in [0.1, 0.15) is 6.61 Å². The quantitative estimate of drug-likeness (QED) is 0.677. The van der Waals surface area contributed by atoms with Gasteiger partial charge in [-0.3, -0.25) is 13.9 Å². The molecule has 1 aromatic rings. The molecular formula is C11H14N2O3. The van der Waals surface area contributed by atoms with Crippen molar-refractivity contribution >= 4 is 0 Å². The minimum absolute atomic E-state index is 0.0367. The Labute approximate surface area is 93.3 Å². The number of hydrogen-bond donors (Lipinski definition) is 0. The molecule has 0 atom stereocenters. The van der Waals surface area contributed by atoms with Crippen molar-refractivity contribution < 1.29 is 4.74 Å². The van der Waals surface area contributed by atoms with Crippen LogP contribution >= 0.6 is 0 Å². The fourth-order valence-electron chi connectivity index (χ4n) is 1.41. The Bertz CT molecular complexity index is 520. The highest BCUT2D eigenvalue weighted by molar-refractivity contribution is 5.10. The second-order valence-corrected chi connectivity index (χ2v) is 3.08. The van der Waals surface area contributed by atoms with Gasteiger partial charge in [-0.05, 0) is 13.8 Å². The fraction of sp³-hybridized carbons (Fsp3) is 0.455.